The molecular weight excluding hydrogens is 176 g/mol. The molecule has 0 heterocycles. The average Bonchev–Trinajstić information content (AvgIpc) is 1.82. The molecule has 0 aromatic heterocycles. The van der Waals surface area contributed by atoms with Gasteiger partial charge in [-0.15, -0.1) is 0 Å². The summed E-state index contributed by atoms with van der Waals surface area (Å²) in [6.45, 7) is 0. The topological polar surface area (TPSA) is 0 Å². The van der Waals surface area contributed by atoms with E-state index in [0.29, 0.717) is 0 Å². The van der Waals surface area contributed by atoms with Crippen LogP contribution in [0.15, 0.2) is 0 Å². The SMILES string of the molecule is C1C2CC3CC1CC(C2)C3.[Fe]. The zero-order valence-electron chi connectivity index (χ0n) is 6.91. The Bertz CT molecular complexity index is 96.4. The minimum Gasteiger partial charge on any atom is -0.0475 e. The first-order chi connectivity index (χ1) is 4.90. The fraction of sp³-hybridized carbons (Fsp3) is 1.00. The van der Waals surface area contributed by atoms with Crippen molar-refractivity contribution in [3.05, 3.63) is 0 Å². The molecule has 0 spiro atoms. The summed E-state index contributed by atoms with van der Waals surface area (Å²) in [4.78, 5) is 0. The molecule has 1 heteroatoms. The molecule has 0 amide bonds. The fourth-order valence-corrected chi connectivity index (χ4v) is 3.98. The fourth-order valence-electron chi connectivity index (χ4n) is 3.98. The molecular formula is C10H16Fe. The van der Waals surface area contributed by atoms with E-state index in [1.165, 1.54) is 23.7 Å². The van der Waals surface area contributed by atoms with Crippen LogP contribution in [0.25, 0.3) is 0 Å². The third-order valence-corrected chi connectivity index (χ3v) is 4.00. The van der Waals surface area contributed by atoms with Gasteiger partial charge in [0.25, 0.3) is 0 Å². The number of hydrogen-bond acceptors (Lipinski definition) is 0. The molecule has 4 fully saturated rings. The molecule has 4 bridgehead atoms. The van der Waals surface area contributed by atoms with E-state index in [9.17, 15) is 0 Å². The van der Waals surface area contributed by atoms with Crippen LogP contribution in [0.5, 0.6) is 0 Å². The predicted octanol–water partition coefficient (Wildman–Crippen LogP) is 2.83. The second-order valence-electron chi connectivity index (χ2n) is 4.88. The van der Waals surface area contributed by atoms with E-state index in [-0.39, 0.29) is 17.1 Å². The van der Waals surface area contributed by atoms with E-state index in [0.717, 1.165) is 0 Å². The van der Waals surface area contributed by atoms with Crippen LogP contribution in [-0.2, 0) is 17.1 Å². The maximum absolute atomic E-state index is 1.60. The van der Waals surface area contributed by atoms with Crippen LogP contribution in [0.1, 0.15) is 38.5 Å². The van der Waals surface area contributed by atoms with Gasteiger partial charge in [-0.3, -0.25) is 0 Å². The van der Waals surface area contributed by atoms with Crippen LogP contribution in [-0.4, -0.2) is 0 Å². The van der Waals surface area contributed by atoms with Crippen molar-refractivity contribution in [3.63, 3.8) is 0 Å². The smallest absolute Gasteiger partial charge is 0 e. The van der Waals surface area contributed by atoms with Gasteiger partial charge >= 0.3 is 0 Å². The molecule has 0 N–H and O–H groups in total. The van der Waals surface area contributed by atoms with Crippen molar-refractivity contribution in [1.29, 1.82) is 0 Å². The second kappa shape index (κ2) is 2.78. The van der Waals surface area contributed by atoms with Gasteiger partial charge in [-0.25, -0.2) is 0 Å². The monoisotopic (exact) mass is 192 g/mol. The van der Waals surface area contributed by atoms with E-state index < -0.39 is 0 Å². The molecule has 4 rings (SSSR count). The Hall–Kier alpha value is 0.519. The Labute approximate surface area is 79.6 Å². The zero-order chi connectivity index (χ0) is 6.55. The van der Waals surface area contributed by atoms with Crippen LogP contribution in [0.4, 0.5) is 0 Å². The third-order valence-electron chi connectivity index (χ3n) is 4.00. The average molecular weight is 192 g/mol. The van der Waals surface area contributed by atoms with Crippen molar-refractivity contribution in [2.45, 2.75) is 38.5 Å². The number of hydrogen-bond donors (Lipinski definition) is 0. The van der Waals surface area contributed by atoms with Crippen molar-refractivity contribution in [3.8, 4) is 0 Å². The first-order valence-corrected chi connectivity index (χ1v) is 4.90. The second-order valence-corrected chi connectivity index (χ2v) is 4.88. The summed E-state index contributed by atoms with van der Waals surface area (Å²) in [6.07, 6.45) is 9.62. The summed E-state index contributed by atoms with van der Waals surface area (Å²) in [7, 11) is 0. The van der Waals surface area contributed by atoms with Crippen LogP contribution in [0.2, 0.25) is 0 Å². The molecule has 4 aliphatic carbocycles. The Morgan fingerprint density at radius 2 is 0.636 bits per heavy atom. The molecule has 4 saturated carbocycles. The van der Waals surface area contributed by atoms with E-state index in [4.69, 9.17) is 0 Å². The van der Waals surface area contributed by atoms with Crippen LogP contribution in [0, 0.1) is 23.7 Å². The molecule has 0 aromatic rings. The van der Waals surface area contributed by atoms with Crippen molar-refractivity contribution in [2.24, 2.45) is 23.7 Å². The summed E-state index contributed by atoms with van der Waals surface area (Å²) in [5, 5.41) is 0. The molecule has 0 atom stereocenters. The zero-order valence-corrected chi connectivity index (χ0v) is 8.01. The van der Waals surface area contributed by atoms with Crippen LogP contribution >= 0.6 is 0 Å². The molecule has 0 saturated heterocycles. The first-order valence-electron chi connectivity index (χ1n) is 4.90. The summed E-state index contributed by atoms with van der Waals surface area (Å²) in [6, 6.07) is 0. The van der Waals surface area contributed by atoms with E-state index in [2.05, 4.69) is 0 Å². The van der Waals surface area contributed by atoms with E-state index in [1.54, 1.807) is 38.5 Å². The molecule has 0 radical (unpaired) electrons. The van der Waals surface area contributed by atoms with Crippen molar-refractivity contribution < 1.29 is 17.1 Å². The Morgan fingerprint density at radius 3 is 0.818 bits per heavy atom. The van der Waals surface area contributed by atoms with E-state index in [1.807, 2.05) is 0 Å². The van der Waals surface area contributed by atoms with Crippen molar-refractivity contribution in [1.82, 2.24) is 0 Å². The van der Waals surface area contributed by atoms with Gasteiger partial charge in [0, 0.05) is 17.1 Å². The summed E-state index contributed by atoms with van der Waals surface area (Å²) < 4.78 is 0. The maximum atomic E-state index is 1.60. The quantitative estimate of drug-likeness (QED) is 0.517. The maximum Gasteiger partial charge on any atom is 0 e. The molecule has 11 heavy (non-hydrogen) atoms. The van der Waals surface area contributed by atoms with Gasteiger partial charge in [0.2, 0.25) is 0 Å². The minimum atomic E-state index is 0. The van der Waals surface area contributed by atoms with Crippen molar-refractivity contribution in [2.75, 3.05) is 0 Å². The molecule has 0 nitrogen and oxygen atoms in total. The Kier molecular flexibility index (Phi) is 2.06. The van der Waals surface area contributed by atoms with Gasteiger partial charge in [-0.2, -0.15) is 0 Å². The molecule has 0 aromatic carbocycles. The van der Waals surface area contributed by atoms with Gasteiger partial charge in [-0.1, -0.05) is 0 Å². The third kappa shape index (κ3) is 1.27. The predicted molar refractivity (Wildman–Crippen MR) is 41.7 cm³/mol. The Balaban J connectivity index is 0.000000480. The normalized spacial score (nSPS) is 52.4. The standard InChI is InChI=1S/C10H16.Fe/c1-7-2-9-4-8(1)5-10(3-7)6-9;/h7-10H,1-6H2;. The molecule has 0 aliphatic heterocycles. The summed E-state index contributed by atoms with van der Waals surface area (Å²) in [5.41, 5.74) is 0. The van der Waals surface area contributed by atoms with Crippen LogP contribution < -0.4 is 0 Å². The van der Waals surface area contributed by atoms with Gasteiger partial charge in [0.05, 0.1) is 0 Å². The molecule has 64 valence electrons. The molecule has 4 aliphatic rings. The number of rotatable bonds is 0. The van der Waals surface area contributed by atoms with Crippen LogP contribution in [0.3, 0.4) is 0 Å². The summed E-state index contributed by atoms with van der Waals surface area (Å²) >= 11 is 0. The largest absolute Gasteiger partial charge is 0.0475 e. The van der Waals surface area contributed by atoms with E-state index >= 15 is 0 Å². The van der Waals surface area contributed by atoms with Gasteiger partial charge < -0.3 is 0 Å². The first kappa shape index (κ1) is 8.13. The van der Waals surface area contributed by atoms with Gasteiger partial charge in [0.1, 0.15) is 0 Å². The van der Waals surface area contributed by atoms with Crippen molar-refractivity contribution >= 4 is 0 Å². The minimum absolute atomic E-state index is 0. The van der Waals surface area contributed by atoms with Gasteiger partial charge in [0.15, 0.2) is 0 Å². The molecule has 0 unspecified atom stereocenters. The van der Waals surface area contributed by atoms with Gasteiger partial charge in [-0.05, 0) is 62.2 Å². The Morgan fingerprint density at radius 1 is 0.455 bits per heavy atom. The summed E-state index contributed by atoms with van der Waals surface area (Å²) in [5.74, 6) is 4.71.